The fourth-order valence-corrected chi connectivity index (χ4v) is 2.22. The first-order valence-electron chi connectivity index (χ1n) is 5.98. The van der Waals surface area contributed by atoms with Gasteiger partial charge in [-0.25, -0.2) is 4.79 Å². The normalized spacial score (nSPS) is 23.1. The van der Waals surface area contributed by atoms with Crippen LogP contribution >= 0.6 is 0 Å². The van der Waals surface area contributed by atoms with Gasteiger partial charge in [0.1, 0.15) is 5.76 Å². The molecule has 0 amide bonds. The van der Waals surface area contributed by atoms with E-state index in [0.717, 1.165) is 24.1 Å². The molecule has 0 bridgehead atoms. The van der Waals surface area contributed by atoms with Gasteiger partial charge in [-0.1, -0.05) is 6.92 Å². The molecule has 0 radical (unpaired) electrons. The summed E-state index contributed by atoms with van der Waals surface area (Å²) >= 11 is 0. The van der Waals surface area contributed by atoms with E-state index in [-0.39, 0.29) is 5.76 Å². The summed E-state index contributed by atoms with van der Waals surface area (Å²) in [4.78, 5) is 13.0. The van der Waals surface area contributed by atoms with Gasteiger partial charge in [-0.15, -0.1) is 0 Å². The highest BCUT2D eigenvalue weighted by molar-refractivity contribution is 5.86. The third-order valence-electron chi connectivity index (χ3n) is 3.41. The minimum Gasteiger partial charge on any atom is -0.475 e. The van der Waals surface area contributed by atoms with Crippen LogP contribution in [0.4, 0.5) is 0 Å². The van der Waals surface area contributed by atoms with Crippen LogP contribution in [0.3, 0.4) is 0 Å². The molecule has 1 aliphatic rings. The van der Waals surface area contributed by atoms with E-state index in [1.165, 1.54) is 6.42 Å². The van der Waals surface area contributed by atoms with Gasteiger partial charge in [-0.3, -0.25) is 4.90 Å². The quantitative estimate of drug-likeness (QED) is 0.854. The van der Waals surface area contributed by atoms with Crippen molar-refractivity contribution in [2.45, 2.75) is 26.8 Å². The Kier molecular flexibility index (Phi) is 3.24. The Balaban J connectivity index is 1.93. The lowest BCUT2D eigenvalue weighted by Gasteiger charge is -2.14. The Morgan fingerprint density at radius 1 is 1.65 bits per heavy atom. The van der Waals surface area contributed by atoms with Gasteiger partial charge in [0.15, 0.2) is 0 Å². The number of carboxylic acids is 1. The summed E-state index contributed by atoms with van der Waals surface area (Å²) in [7, 11) is 2.04. The second-order valence-electron chi connectivity index (χ2n) is 5.20. The second kappa shape index (κ2) is 4.53. The van der Waals surface area contributed by atoms with Gasteiger partial charge in [-0.05, 0) is 38.3 Å². The summed E-state index contributed by atoms with van der Waals surface area (Å²) in [6.07, 6.45) is 1.31. The average Bonchev–Trinajstić information content (AvgIpc) is 2.74. The first kappa shape index (κ1) is 12.2. The molecule has 0 saturated heterocycles. The highest BCUT2D eigenvalue weighted by Gasteiger charge is 2.33. The Morgan fingerprint density at radius 3 is 2.76 bits per heavy atom. The van der Waals surface area contributed by atoms with Gasteiger partial charge in [0.25, 0.3) is 0 Å². The molecule has 1 heterocycles. The van der Waals surface area contributed by atoms with Gasteiger partial charge in [-0.2, -0.15) is 0 Å². The molecular formula is C13H19NO3. The lowest BCUT2D eigenvalue weighted by molar-refractivity contribution is 0.0657. The van der Waals surface area contributed by atoms with E-state index in [0.29, 0.717) is 12.1 Å². The Labute approximate surface area is 101 Å². The molecule has 0 aromatic carbocycles. The predicted molar refractivity (Wildman–Crippen MR) is 64.0 cm³/mol. The van der Waals surface area contributed by atoms with Crippen molar-refractivity contribution in [1.29, 1.82) is 0 Å². The van der Waals surface area contributed by atoms with Crippen molar-refractivity contribution < 1.29 is 14.3 Å². The van der Waals surface area contributed by atoms with Crippen molar-refractivity contribution in [3.05, 3.63) is 23.2 Å². The Hall–Kier alpha value is -1.29. The van der Waals surface area contributed by atoms with Crippen molar-refractivity contribution in [3.63, 3.8) is 0 Å². The van der Waals surface area contributed by atoms with Crippen LogP contribution in [0.25, 0.3) is 0 Å². The molecule has 0 aliphatic heterocycles. The molecule has 2 rings (SSSR count). The topological polar surface area (TPSA) is 53.7 Å². The molecule has 1 aromatic heterocycles. The van der Waals surface area contributed by atoms with E-state index in [1.807, 2.05) is 13.1 Å². The fourth-order valence-electron chi connectivity index (χ4n) is 2.22. The number of nitrogens with zero attached hydrogens (tertiary/aromatic N) is 1. The SMILES string of the molecule is Cc1cc(CN(C)CC2CC2C)oc1C(=O)O. The second-order valence-corrected chi connectivity index (χ2v) is 5.20. The molecule has 0 spiro atoms. The molecule has 1 saturated carbocycles. The minimum absolute atomic E-state index is 0.0631. The van der Waals surface area contributed by atoms with Gasteiger partial charge in [0, 0.05) is 12.1 Å². The summed E-state index contributed by atoms with van der Waals surface area (Å²) < 4.78 is 5.33. The molecule has 17 heavy (non-hydrogen) atoms. The zero-order valence-electron chi connectivity index (χ0n) is 10.6. The number of hydrogen-bond acceptors (Lipinski definition) is 3. The smallest absolute Gasteiger partial charge is 0.372 e. The largest absolute Gasteiger partial charge is 0.475 e. The third-order valence-corrected chi connectivity index (χ3v) is 3.41. The summed E-state index contributed by atoms with van der Waals surface area (Å²) in [6, 6.07) is 1.82. The zero-order valence-corrected chi connectivity index (χ0v) is 10.6. The molecule has 1 fully saturated rings. The van der Waals surface area contributed by atoms with Crippen LogP contribution < -0.4 is 0 Å². The minimum atomic E-state index is -0.993. The molecule has 2 unspecified atom stereocenters. The molecular weight excluding hydrogens is 218 g/mol. The van der Waals surface area contributed by atoms with Gasteiger partial charge < -0.3 is 9.52 Å². The molecule has 2 atom stereocenters. The van der Waals surface area contributed by atoms with E-state index in [2.05, 4.69) is 11.8 Å². The molecule has 1 N–H and O–H groups in total. The highest BCUT2D eigenvalue weighted by Crippen LogP contribution is 2.38. The lowest BCUT2D eigenvalue weighted by Crippen LogP contribution is -2.20. The lowest BCUT2D eigenvalue weighted by atomic mass is 10.2. The van der Waals surface area contributed by atoms with E-state index < -0.39 is 5.97 Å². The number of carboxylic acid groups (broad SMARTS) is 1. The average molecular weight is 237 g/mol. The van der Waals surface area contributed by atoms with Crippen LogP contribution in [0.5, 0.6) is 0 Å². The number of carbonyl (C=O) groups is 1. The van der Waals surface area contributed by atoms with Gasteiger partial charge in [0.05, 0.1) is 6.54 Å². The maximum Gasteiger partial charge on any atom is 0.372 e. The molecule has 4 nitrogen and oxygen atoms in total. The van der Waals surface area contributed by atoms with E-state index in [4.69, 9.17) is 9.52 Å². The Bertz CT molecular complexity index is 424. The molecule has 94 valence electrons. The van der Waals surface area contributed by atoms with Crippen LogP contribution in [0.15, 0.2) is 10.5 Å². The summed E-state index contributed by atoms with van der Waals surface area (Å²) in [5, 5.41) is 8.90. The number of furan rings is 1. The maximum absolute atomic E-state index is 10.8. The summed E-state index contributed by atoms with van der Waals surface area (Å²) in [5.74, 6) is 1.44. The van der Waals surface area contributed by atoms with Crippen LogP contribution in [0, 0.1) is 18.8 Å². The van der Waals surface area contributed by atoms with Crippen LogP contribution in [-0.2, 0) is 6.54 Å². The first-order valence-corrected chi connectivity index (χ1v) is 5.98. The van der Waals surface area contributed by atoms with Gasteiger partial charge >= 0.3 is 5.97 Å². The highest BCUT2D eigenvalue weighted by atomic mass is 16.4. The number of aryl methyl sites for hydroxylation is 1. The zero-order chi connectivity index (χ0) is 12.6. The maximum atomic E-state index is 10.8. The number of aromatic carboxylic acids is 1. The first-order chi connectivity index (χ1) is 7.97. The standard InChI is InChI=1S/C13H19NO3/c1-8-4-10(8)6-14(3)7-11-5-9(2)12(17-11)13(15)16/h5,8,10H,4,6-7H2,1-3H3,(H,15,16). The van der Waals surface area contributed by atoms with Crippen molar-refractivity contribution in [1.82, 2.24) is 4.90 Å². The number of rotatable bonds is 5. The van der Waals surface area contributed by atoms with E-state index in [9.17, 15) is 4.79 Å². The Morgan fingerprint density at radius 2 is 2.29 bits per heavy atom. The van der Waals surface area contributed by atoms with E-state index in [1.54, 1.807) is 6.92 Å². The molecule has 4 heteroatoms. The molecule has 1 aliphatic carbocycles. The number of hydrogen-bond donors (Lipinski definition) is 1. The van der Waals surface area contributed by atoms with E-state index >= 15 is 0 Å². The van der Waals surface area contributed by atoms with Gasteiger partial charge in [0.2, 0.25) is 5.76 Å². The predicted octanol–water partition coefficient (Wildman–Crippen LogP) is 2.37. The summed E-state index contributed by atoms with van der Waals surface area (Å²) in [5.41, 5.74) is 0.695. The van der Waals surface area contributed by atoms with Crippen molar-refractivity contribution in [2.24, 2.45) is 11.8 Å². The molecule has 1 aromatic rings. The van der Waals surface area contributed by atoms with Crippen molar-refractivity contribution in [2.75, 3.05) is 13.6 Å². The summed E-state index contributed by atoms with van der Waals surface area (Å²) in [6.45, 7) is 5.76. The van der Waals surface area contributed by atoms with Crippen LogP contribution in [0.2, 0.25) is 0 Å². The van der Waals surface area contributed by atoms with Crippen molar-refractivity contribution in [3.8, 4) is 0 Å². The van der Waals surface area contributed by atoms with Crippen molar-refractivity contribution >= 4 is 5.97 Å². The van der Waals surface area contributed by atoms with Crippen LogP contribution in [-0.4, -0.2) is 29.6 Å². The fraction of sp³-hybridized carbons (Fsp3) is 0.615. The monoisotopic (exact) mass is 237 g/mol. The van der Waals surface area contributed by atoms with Crippen LogP contribution in [0.1, 0.15) is 35.2 Å². The third kappa shape index (κ3) is 2.88.